The van der Waals surface area contributed by atoms with Crippen LogP contribution in [-0.2, 0) is 0 Å². The zero-order valence-corrected chi connectivity index (χ0v) is 17.0. The highest BCUT2D eigenvalue weighted by Gasteiger charge is 2.29. The summed E-state index contributed by atoms with van der Waals surface area (Å²) in [5.41, 5.74) is 6.41. The standard InChI is InChI=1S/C21H23FN8O/c1-29(12-25)20(26)13-5-8-30(9-6-13)19-14(10-24)2-3-16(22)18(19)15-11-27-21(31)28-17(15)4-7-23/h2-4,7,11-13,25-26H,5-6,8-9,23H2,1H3,(H,27,28,31)/b7-4-,25-12?,26-20?. The van der Waals surface area contributed by atoms with Crippen LogP contribution in [0, 0.1) is 33.9 Å². The fourth-order valence-electron chi connectivity index (χ4n) is 3.81. The van der Waals surface area contributed by atoms with Gasteiger partial charge in [0.1, 0.15) is 17.7 Å². The number of H-pyrrole nitrogens is 1. The van der Waals surface area contributed by atoms with Gasteiger partial charge in [-0.2, -0.15) is 5.26 Å². The molecule has 1 aliphatic rings. The molecule has 0 amide bonds. The number of nitrogens with two attached hydrogens (primary N) is 1. The van der Waals surface area contributed by atoms with Gasteiger partial charge in [0.2, 0.25) is 0 Å². The van der Waals surface area contributed by atoms with E-state index in [0.29, 0.717) is 54.3 Å². The molecule has 0 atom stereocenters. The number of halogens is 1. The van der Waals surface area contributed by atoms with Crippen LogP contribution in [0.5, 0.6) is 0 Å². The number of nitrogens with zero attached hydrogens (tertiary/aromatic N) is 4. The summed E-state index contributed by atoms with van der Waals surface area (Å²) in [4.78, 5) is 21.4. The number of piperidine rings is 1. The quantitative estimate of drug-likeness (QED) is 0.428. The highest BCUT2D eigenvalue weighted by atomic mass is 19.1. The van der Waals surface area contributed by atoms with Crippen molar-refractivity contribution < 1.29 is 4.39 Å². The van der Waals surface area contributed by atoms with E-state index in [9.17, 15) is 10.1 Å². The molecule has 2 heterocycles. The molecule has 0 saturated carbocycles. The van der Waals surface area contributed by atoms with E-state index in [0.717, 1.165) is 6.34 Å². The van der Waals surface area contributed by atoms with Crippen molar-refractivity contribution in [3.05, 3.63) is 52.1 Å². The van der Waals surface area contributed by atoms with Crippen molar-refractivity contribution in [1.29, 1.82) is 16.1 Å². The molecule has 0 unspecified atom stereocenters. The van der Waals surface area contributed by atoms with Gasteiger partial charge in [-0.1, -0.05) is 0 Å². The van der Waals surface area contributed by atoms with E-state index in [-0.39, 0.29) is 11.5 Å². The Morgan fingerprint density at radius 2 is 2.16 bits per heavy atom. The number of rotatable bonds is 5. The maximum Gasteiger partial charge on any atom is 0.345 e. The Morgan fingerprint density at radius 3 is 2.77 bits per heavy atom. The number of hydrogen-bond donors (Lipinski definition) is 4. The first-order valence-corrected chi connectivity index (χ1v) is 9.68. The summed E-state index contributed by atoms with van der Waals surface area (Å²) in [6.07, 6.45) is 6.30. The lowest BCUT2D eigenvalue weighted by atomic mass is 9.92. The molecule has 2 aromatic rings. The molecule has 1 aliphatic heterocycles. The van der Waals surface area contributed by atoms with E-state index >= 15 is 4.39 Å². The molecule has 5 N–H and O–H groups in total. The second kappa shape index (κ2) is 9.21. The molecule has 1 fully saturated rings. The highest BCUT2D eigenvalue weighted by molar-refractivity contribution is 5.91. The Bertz CT molecular complexity index is 1130. The number of nitriles is 1. The van der Waals surface area contributed by atoms with E-state index in [1.807, 2.05) is 4.90 Å². The van der Waals surface area contributed by atoms with Gasteiger partial charge in [-0.3, -0.25) is 10.8 Å². The molecular formula is C21H23FN8O. The van der Waals surface area contributed by atoms with E-state index < -0.39 is 11.5 Å². The van der Waals surface area contributed by atoms with Crippen molar-refractivity contribution in [3.8, 4) is 17.2 Å². The summed E-state index contributed by atoms with van der Waals surface area (Å²) >= 11 is 0. The lowest BCUT2D eigenvalue weighted by Crippen LogP contribution is -2.41. The van der Waals surface area contributed by atoms with E-state index in [2.05, 4.69) is 16.0 Å². The van der Waals surface area contributed by atoms with Crippen LogP contribution in [0.25, 0.3) is 17.2 Å². The molecule has 1 aromatic heterocycles. The average molecular weight is 422 g/mol. The number of hydrogen-bond acceptors (Lipinski definition) is 7. The van der Waals surface area contributed by atoms with Gasteiger partial charge in [0.25, 0.3) is 0 Å². The Morgan fingerprint density at radius 1 is 1.45 bits per heavy atom. The SMILES string of the molecule is CN(C=N)C(=N)C1CCN(c2c(C#N)ccc(F)c2-c2cnc(=O)[nH]c2/C=C\N)CC1. The zero-order valence-electron chi connectivity index (χ0n) is 17.0. The Kier molecular flexibility index (Phi) is 6.45. The molecule has 9 nitrogen and oxygen atoms in total. The maximum atomic E-state index is 15.1. The third-order valence-electron chi connectivity index (χ3n) is 5.39. The smallest absolute Gasteiger partial charge is 0.345 e. The molecule has 0 bridgehead atoms. The summed E-state index contributed by atoms with van der Waals surface area (Å²) in [5.74, 6) is -0.223. The van der Waals surface area contributed by atoms with Gasteiger partial charge < -0.3 is 20.5 Å². The normalized spacial score (nSPS) is 14.4. The van der Waals surface area contributed by atoms with Gasteiger partial charge in [0.05, 0.1) is 23.3 Å². The van der Waals surface area contributed by atoms with E-state index in [1.165, 1.54) is 35.5 Å². The van der Waals surface area contributed by atoms with Crippen molar-refractivity contribution in [2.45, 2.75) is 12.8 Å². The molecule has 1 saturated heterocycles. The molecule has 0 radical (unpaired) electrons. The minimum atomic E-state index is -0.593. The fraction of sp³-hybridized carbons (Fsp3) is 0.286. The zero-order chi connectivity index (χ0) is 22.5. The van der Waals surface area contributed by atoms with Gasteiger partial charge in [0, 0.05) is 43.4 Å². The van der Waals surface area contributed by atoms with Crippen molar-refractivity contribution in [3.63, 3.8) is 0 Å². The molecule has 0 spiro atoms. The summed E-state index contributed by atoms with van der Waals surface area (Å²) < 4.78 is 15.1. The molecule has 0 aliphatic carbocycles. The predicted octanol–water partition coefficient (Wildman–Crippen LogP) is 2.11. The van der Waals surface area contributed by atoms with Crippen LogP contribution < -0.4 is 16.3 Å². The molecule has 10 heteroatoms. The first-order valence-electron chi connectivity index (χ1n) is 9.68. The second-order valence-electron chi connectivity index (χ2n) is 7.19. The summed E-state index contributed by atoms with van der Waals surface area (Å²) in [5, 5.41) is 25.3. The largest absolute Gasteiger partial charge is 0.405 e. The van der Waals surface area contributed by atoms with E-state index in [1.54, 1.807) is 7.05 Å². The van der Waals surface area contributed by atoms with Crippen LogP contribution in [0.4, 0.5) is 10.1 Å². The highest BCUT2D eigenvalue weighted by Crippen LogP contribution is 2.39. The predicted molar refractivity (Wildman–Crippen MR) is 117 cm³/mol. The van der Waals surface area contributed by atoms with Gasteiger partial charge >= 0.3 is 5.69 Å². The number of benzene rings is 1. The molecule has 1 aromatic carbocycles. The molecule has 31 heavy (non-hydrogen) atoms. The second-order valence-corrected chi connectivity index (χ2v) is 7.19. The molecule has 160 valence electrons. The number of anilines is 1. The van der Waals surface area contributed by atoms with Gasteiger partial charge in [-0.15, -0.1) is 0 Å². The first-order chi connectivity index (χ1) is 14.9. The van der Waals surface area contributed by atoms with Gasteiger partial charge in [-0.05, 0) is 37.3 Å². The number of aromatic nitrogens is 2. The van der Waals surface area contributed by atoms with Gasteiger partial charge in [-0.25, -0.2) is 14.2 Å². The monoisotopic (exact) mass is 422 g/mol. The Labute approximate surface area is 178 Å². The summed E-state index contributed by atoms with van der Waals surface area (Å²) in [6.45, 7) is 1.01. The van der Waals surface area contributed by atoms with Crippen molar-refractivity contribution in [1.82, 2.24) is 14.9 Å². The third kappa shape index (κ3) is 4.30. The first kappa shape index (κ1) is 21.7. The van der Waals surface area contributed by atoms with Crippen molar-refractivity contribution in [2.75, 3.05) is 25.0 Å². The van der Waals surface area contributed by atoms with Crippen LogP contribution in [0.1, 0.15) is 24.1 Å². The minimum absolute atomic E-state index is 0.0316. The lowest BCUT2D eigenvalue weighted by Gasteiger charge is -2.36. The summed E-state index contributed by atoms with van der Waals surface area (Å²) in [7, 11) is 1.66. The van der Waals surface area contributed by atoms with Crippen LogP contribution in [0.15, 0.2) is 29.3 Å². The molecular weight excluding hydrogens is 399 g/mol. The van der Waals surface area contributed by atoms with Crippen molar-refractivity contribution >= 4 is 23.9 Å². The van der Waals surface area contributed by atoms with Crippen LogP contribution in [0.3, 0.4) is 0 Å². The Balaban J connectivity index is 2.06. The van der Waals surface area contributed by atoms with Crippen molar-refractivity contribution in [2.24, 2.45) is 11.7 Å². The van der Waals surface area contributed by atoms with Crippen LogP contribution in [0.2, 0.25) is 0 Å². The van der Waals surface area contributed by atoms with Gasteiger partial charge in [0.15, 0.2) is 0 Å². The minimum Gasteiger partial charge on any atom is -0.405 e. The van der Waals surface area contributed by atoms with Crippen LogP contribution in [-0.4, -0.2) is 47.2 Å². The fourth-order valence-corrected chi connectivity index (χ4v) is 3.81. The topological polar surface area (TPSA) is 150 Å². The van der Waals surface area contributed by atoms with Crippen LogP contribution >= 0.6 is 0 Å². The lowest BCUT2D eigenvalue weighted by molar-refractivity contribution is 0.472. The third-order valence-corrected chi connectivity index (χ3v) is 5.39. The Hall–Kier alpha value is -4.00. The number of nitrogens with one attached hydrogen (secondary N) is 3. The van der Waals surface area contributed by atoms with E-state index in [4.69, 9.17) is 16.6 Å². The molecule has 3 rings (SSSR count). The average Bonchev–Trinajstić information content (AvgIpc) is 2.78. The maximum absolute atomic E-state index is 15.1. The number of amidine groups is 1. The summed E-state index contributed by atoms with van der Waals surface area (Å²) in [6, 6.07) is 4.79. The number of aromatic amines is 1.